The van der Waals surface area contributed by atoms with E-state index in [9.17, 15) is 0 Å². The molecule has 0 spiro atoms. The summed E-state index contributed by atoms with van der Waals surface area (Å²) in [5, 5.41) is 3.09. The number of anilines is 2. The molecule has 3 rings (SSSR count). The van der Waals surface area contributed by atoms with Crippen LogP contribution >= 0.6 is 0 Å². The number of aromatic nitrogens is 1. The van der Waals surface area contributed by atoms with Gasteiger partial charge in [0, 0.05) is 18.8 Å². The van der Waals surface area contributed by atoms with Crippen molar-refractivity contribution in [2.24, 2.45) is 0 Å². The van der Waals surface area contributed by atoms with E-state index in [1.165, 1.54) is 24.1 Å². The van der Waals surface area contributed by atoms with E-state index in [4.69, 9.17) is 4.42 Å². The molecular formula is C15H19N3O. The Morgan fingerprint density at radius 2 is 2.21 bits per heavy atom. The van der Waals surface area contributed by atoms with Crippen LogP contribution in [-0.2, 0) is 13.0 Å². The summed E-state index contributed by atoms with van der Waals surface area (Å²) >= 11 is 0. The van der Waals surface area contributed by atoms with Gasteiger partial charge >= 0.3 is 6.01 Å². The zero-order chi connectivity index (χ0) is 13.1. The Hall–Kier alpha value is -1.81. The fourth-order valence-electron chi connectivity index (χ4n) is 2.57. The monoisotopic (exact) mass is 257 g/mol. The van der Waals surface area contributed by atoms with Crippen molar-refractivity contribution >= 4 is 11.7 Å². The lowest BCUT2D eigenvalue weighted by Crippen LogP contribution is -2.18. The molecule has 1 aromatic heterocycles. The van der Waals surface area contributed by atoms with Crippen LogP contribution in [0.15, 0.2) is 34.9 Å². The maximum atomic E-state index is 5.64. The molecular weight excluding hydrogens is 238 g/mol. The molecule has 100 valence electrons. The van der Waals surface area contributed by atoms with Gasteiger partial charge in [0.05, 0.1) is 5.69 Å². The number of hydrogen-bond donors (Lipinski definition) is 1. The van der Waals surface area contributed by atoms with Crippen LogP contribution in [0.3, 0.4) is 0 Å². The number of nitrogens with zero attached hydrogens (tertiary/aromatic N) is 2. The highest BCUT2D eigenvalue weighted by molar-refractivity contribution is 5.61. The minimum Gasteiger partial charge on any atom is -0.431 e. The van der Waals surface area contributed by atoms with E-state index >= 15 is 0 Å². The van der Waals surface area contributed by atoms with E-state index in [-0.39, 0.29) is 0 Å². The molecule has 0 fully saturated rings. The van der Waals surface area contributed by atoms with E-state index in [1.54, 1.807) is 6.26 Å². The number of para-hydroxylation sites is 1. The maximum Gasteiger partial charge on any atom is 0.302 e. The first kappa shape index (κ1) is 12.2. The lowest BCUT2D eigenvalue weighted by atomic mass is 10.1. The standard InChI is InChI=1S/C15H19N3O/c1-16-10-13-11-19-15(17-13)18-9-5-4-7-12-6-2-3-8-14(12)18/h2-3,6,8,11,16H,4-5,7,9-10H2,1H3. The minimum atomic E-state index is 0.708. The van der Waals surface area contributed by atoms with E-state index in [2.05, 4.69) is 39.5 Å². The zero-order valence-corrected chi connectivity index (χ0v) is 11.2. The van der Waals surface area contributed by atoms with Crippen LogP contribution in [0.1, 0.15) is 24.1 Å². The molecule has 0 aliphatic carbocycles. The second-order valence-electron chi connectivity index (χ2n) is 4.89. The molecule has 1 aliphatic heterocycles. The first-order valence-corrected chi connectivity index (χ1v) is 6.83. The molecule has 1 aliphatic rings. The largest absolute Gasteiger partial charge is 0.431 e. The lowest BCUT2D eigenvalue weighted by molar-refractivity contribution is 0.548. The van der Waals surface area contributed by atoms with Crippen LogP contribution < -0.4 is 10.2 Å². The summed E-state index contributed by atoms with van der Waals surface area (Å²) in [7, 11) is 1.91. The van der Waals surface area contributed by atoms with Crippen LogP contribution in [0.4, 0.5) is 11.7 Å². The summed E-state index contributed by atoms with van der Waals surface area (Å²) in [5.41, 5.74) is 3.56. The first-order chi connectivity index (χ1) is 9.38. The van der Waals surface area contributed by atoms with Crippen LogP contribution in [0.2, 0.25) is 0 Å². The van der Waals surface area contributed by atoms with Crippen LogP contribution in [0.5, 0.6) is 0 Å². The Morgan fingerprint density at radius 3 is 3.11 bits per heavy atom. The van der Waals surface area contributed by atoms with Gasteiger partial charge in [-0.1, -0.05) is 18.2 Å². The number of oxazole rings is 1. The van der Waals surface area contributed by atoms with Gasteiger partial charge in [-0.25, -0.2) is 0 Å². The van der Waals surface area contributed by atoms with Crippen molar-refractivity contribution in [1.29, 1.82) is 0 Å². The summed E-state index contributed by atoms with van der Waals surface area (Å²) in [6.45, 7) is 1.70. The van der Waals surface area contributed by atoms with Crippen molar-refractivity contribution in [2.75, 3.05) is 18.5 Å². The van der Waals surface area contributed by atoms with Gasteiger partial charge in [0.2, 0.25) is 0 Å². The lowest BCUT2D eigenvalue weighted by Gasteiger charge is -2.20. The van der Waals surface area contributed by atoms with E-state index in [1.807, 2.05) is 7.05 Å². The molecule has 0 unspecified atom stereocenters. The molecule has 2 heterocycles. The Labute approximate surface area is 113 Å². The number of nitrogens with one attached hydrogen (secondary N) is 1. The average molecular weight is 257 g/mol. The minimum absolute atomic E-state index is 0.708. The van der Waals surface area contributed by atoms with Gasteiger partial charge < -0.3 is 9.73 Å². The van der Waals surface area contributed by atoms with Crippen molar-refractivity contribution in [2.45, 2.75) is 25.8 Å². The van der Waals surface area contributed by atoms with Gasteiger partial charge in [0.15, 0.2) is 0 Å². The predicted octanol–water partition coefficient (Wildman–Crippen LogP) is 2.87. The van der Waals surface area contributed by atoms with Crippen molar-refractivity contribution < 1.29 is 4.42 Å². The first-order valence-electron chi connectivity index (χ1n) is 6.83. The molecule has 0 amide bonds. The fourth-order valence-corrected chi connectivity index (χ4v) is 2.57. The van der Waals surface area contributed by atoms with Gasteiger partial charge in [-0.3, -0.25) is 4.90 Å². The Kier molecular flexibility index (Phi) is 3.51. The van der Waals surface area contributed by atoms with Crippen molar-refractivity contribution in [3.05, 3.63) is 41.8 Å². The van der Waals surface area contributed by atoms with E-state index < -0.39 is 0 Å². The highest BCUT2D eigenvalue weighted by Crippen LogP contribution is 2.31. The van der Waals surface area contributed by atoms with Crippen LogP contribution in [0.25, 0.3) is 0 Å². The third-order valence-electron chi connectivity index (χ3n) is 3.49. The van der Waals surface area contributed by atoms with Gasteiger partial charge in [-0.15, -0.1) is 0 Å². The van der Waals surface area contributed by atoms with Crippen molar-refractivity contribution in [3.63, 3.8) is 0 Å². The van der Waals surface area contributed by atoms with Crippen molar-refractivity contribution in [1.82, 2.24) is 10.3 Å². The molecule has 1 aromatic carbocycles. The summed E-state index contributed by atoms with van der Waals surface area (Å²) in [4.78, 5) is 6.76. The van der Waals surface area contributed by atoms with E-state index in [0.29, 0.717) is 6.01 Å². The summed E-state index contributed by atoms with van der Waals surface area (Å²) < 4.78 is 5.64. The SMILES string of the molecule is CNCc1coc(N2CCCCc3ccccc32)n1. The number of benzene rings is 1. The molecule has 1 N–H and O–H groups in total. The molecule has 0 atom stereocenters. The second-order valence-corrected chi connectivity index (χ2v) is 4.89. The number of aryl methyl sites for hydroxylation is 1. The maximum absolute atomic E-state index is 5.64. The smallest absolute Gasteiger partial charge is 0.302 e. The topological polar surface area (TPSA) is 41.3 Å². The third-order valence-corrected chi connectivity index (χ3v) is 3.49. The molecule has 0 saturated carbocycles. The zero-order valence-electron chi connectivity index (χ0n) is 11.2. The second kappa shape index (κ2) is 5.45. The number of fused-ring (bicyclic) bond motifs is 1. The van der Waals surface area contributed by atoms with Gasteiger partial charge in [0.25, 0.3) is 0 Å². The molecule has 0 radical (unpaired) electrons. The summed E-state index contributed by atoms with van der Waals surface area (Å²) in [6.07, 6.45) is 5.26. The Bertz CT molecular complexity index is 550. The number of rotatable bonds is 3. The van der Waals surface area contributed by atoms with Gasteiger partial charge in [-0.05, 0) is 37.9 Å². The van der Waals surface area contributed by atoms with Gasteiger partial charge in [0.1, 0.15) is 6.26 Å². The Morgan fingerprint density at radius 1 is 1.32 bits per heavy atom. The summed E-state index contributed by atoms with van der Waals surface area (Å²) in [5.74, 6) is 0. The Balaban J connectivity index is 1.94. The number of hydrogen-bond acceptors (Lipinski definition) is 4. The predicted molar refractivity (Wildman–Crippen MR) is 75.7 cm³/mol. The third kappa shape index (κ3) is 2.49. The molecule has 4 nitrogen and oxygen atoms in total. The molecule has 2 aromatic rings. The summed E-state index contributed by atoms with van der Waals surface area (Å²) in [6, 6.07) is 9.24. The molecule has 19 heavy (non-hydrogen) atoms. The van der Waals surface area contributed by atoms with Gasteiger partial charge in [-0.2, -0.15) is 4.98 Å². The average Bonchev–Trinajstić information content (AvgIpc) is 2.78. The quantitative estimate of drug-likeness (QED) is 0.918. The fraction of sp³-hybridized carbons (Fsp3) is 0.400. The van der Waals surface area contributed by atoms with Crippen molar-refractivity contribution in [3.8, 4) is 0 Å². The molecule has 4 heteroatoms. The van der Waals surface area contributed by atoms with E-state index in [0.717, 1.165) is 25.2 Å². The van der Waals surface area contributed by atoms with Crippen LogP contribution in [-0.4, -0.2) is 18.6 Å². The molecule has 0 bridgehead atoms. The normalized spacial score (nSPS) is 15.1. The molecule has 0 saturated heterocycles. The highest BCUT2D eigenvalue weighted by Gasteiger charge is 2.20. The van der Waals surface area contributed by atoms with Crippen LogP contribution in [0, 0.1) is 0 Å². The highest BCUT2D eigenvalue weighted by atomic mass is 16.4.